The molecule has 1 saturated heterocycles. The highest BCUT2D eigenvalue weighted by molar-refractivity contribution is 5.68. The van der Waals surface area contributed by atoms with Crippen LogP contribution in [0, 0.1) is 5.92 Å². The van der Waals surface area contributed by atoms with Crippen molar-refractivity contribution in [2.75, 3.05) is 18.1 Å². The van der Waals surface area contributed by atoms with E-state index in [1.54, 1.807) is 0 Å². The number of para-hydroxylation sites is 1. The summed E-state index contributed by atoms with van der Waals surface area (Å²) in [6, 6.07) is 9.90. The van der Waals surface area contributed by atoms with Crippen LogP contribution in [0.5, 0.6) is 0 Å². The summed E-state index contributed by atoms with van der Waals surface area (Å²) in [4.78, 5) is 11.3. The van der Waals surface area contributed by atoms with E-state index in [9.17, 15) is 4.79 Å². The Labute approximate surface area is 113 Å². The molecular formula is C15H19N3O. The molecule has 100 valence electrons. The number of anilines is 1. The minimum absolute atomic E-state index is 0.177. The zero-order valence-corrected chi connectivity index (χ0v) is 10.9. The molecule has 1 unspecified atom stereocenters. The average molecular weight is 257 g/mol. The van der Waals surface area contributed by atoms with E-state index in [4.69, 9.17) is 0 Å². The molecule has 2 aliphatic rings. The molecule has 0 aliphatic carbocycles. The molecule has 19 heavy (non-hydrogen) atoms. The minimum atomic E-state index is -0.177. The average Bonchev–Trinajstić information content (AvgIpc) is 2.93. The van der Waals surface area contributed by atoms with Gasteiger partial charge in [0.15, 0.2) is 0 Å². The van der Waals surface area contributed by atoms with E-state index < -0.39 is 0 Å². The van der Waals surface area contributed by atoms with Gasteiger partial charge in [-0.3, -0.25) is 5.01 Å². The summed E-state index contributed by atoms with van der Waals surface area (Å²) < 4.78 is 0. The number of nitrogens with one attached hydrogen (secondary N) is 2. The van der Waals surface area contributed by atoms with Crippen LogP contribution in [-0.2, 0) is 4.79 Å². The lowest BCUT2D eigenvalue weighted by Gasteiger charge is -2.24. The number of benzene rings is 1. The first kappa shape index (κ1) is 12.4. The molecule has 4 heteroatoms. The standard InChI is InChI=1S/C15H19N3O/c19-11-15-14(12-6-8-16-9-7-12)10-18(17-15)13-4-2-1-3-5-13/h1-5,10-12,15-17H,6-9H2. The first-order valence-electron chi connectivity index (χ1n) is 6.86. The first-order valence-corrected chi connectivity index (χ1v) is 6.86. The summed E-state index contributed by atoms with van der Waals surface area (Å²) in [5, 5.41) is 5.33. The van der Waals surface area contributed by atoms with Crippen LogP contribution in [0.2, 0.25) is 0 Å². The van der Waals surface area contributed by atoms with Gasteiger partial charge in [0, 0.05) is 6.20 Å². The molecule has 0 aromatic heterocycles. The topological polar surface area (TPSA) is 44.4 Å². The largest absolute Gasteiger partial charge is 0.317 e. The van der Waals surface area contributed by atoms with Crippen molar-refractivity contribution >= 4 is 12.0 Å². The van der Waals surface area contributed by atoms with Crippen molar-refractivity contribution < 1.29 is 4.79 Å². The van der Waals surface area contributed by atoms with Crippen LogP contribution in [-0.4, -0.2) is 25.4 Å². The summed E-state index contributed by atoms with van der Waals surface area (Å²) in [6.45, 7) is 2.08. The second-order valence-electron chi connectivity index (χ2n) is 5.10. The first-order chi connectivity index (χ1) is 9.38. The maximum absolute atomic E-state index is 11.3. The fraction of sp³-hybridized carbons (Fsp3) is 0.400. The van der Waals surface area contributed by atoms with Crippen LogP contribution in [0.25, 0.3) is 0 Å². The van der Waals surface area contributed by atoms with Gasteiger partial charge < -0.3 is 10.1 Å². The molecule has 4 nitrogen and oxygen atoms in total. The van der Waals surface area contributed by atoms with Crippen molar-refractivity contribution in [3.63, 3.8) is 0 Å². The van der Waals surface area contributed by atoms with Gasteiger partial charge in [0.05, 0.1) is 5.69 Å². The van der Waals surface area contributed by atoms with E-state index in [1.807, 2.05) is 35.3 Å². The molecule has 3 rings (SSSR count). The maximum atomic E-state index is 11.3. The highest BCUT2D eigenvalue weighted by Crippen LogP contribution is 2.29. The van der Waals surface area contributed by atoms with E-state index in [0.29, 0.717) is 5.92 Å². The predicted molar refractivity (Wildman–Crippen MR) is 75.6 cm³/mol. The van der Waals surface area contributed by atoms with Crippen molar-refractivity contribution in [1.29, 1.82) is 0 Å². The Bertz CT molecular complexity index is 466. The van der Waals surface area contributed by atoms with E-state index in [0.717, 1.165) is 37.9 Å². The van der Waals surface area contributed by atoms with Gasteiger partial charge in [-0.1, -0.05) is 18.2 Å². The van der Waals surface area contributed by atoms with Crippen LogP contribution in [0.15, 0.2) is 42.1 Å². The second kappa shape index (κ2) is 5.55. The molecule has 1 atom stereocenters. The lowest BCUT2D eigenvalue weighted by molar-refractivity contribution is -0.108. The SMILES string of the molecule is O=CC1NN(c2ccccc2)C=C1C1CCNCC1. The number of hydrogen-bond acceptors (Lipinski definition) is 4. The van der Waals surface area contributed by atoms with Gasteiger partial charge in [0.1, 0.15) is 12.3 Å². The number of carbonyl (C=O) groups is 1. The van der Waals surface area contributed by atoms with Crippen LogP contribution >= 0.6 is 0 Å². The number of hydrazine groups is 1. The molecule has 0 amide bonds. The van der Waals surface area contributed by atoms with Gasteiger partial charge >= 0.3 is 0 Å². The van der Waals surface area contributed by atoms with Gasteiger partial charge in [0.2, 0.25) is 0 Å². The molecule has 1 aromatic rings. The normalized spacial score (nSPS) is 24.3. The zero-order chi connectivity index (χ0) is 13.1. The third-order valence-electron chi connectivity index (χ3n) is 3.90. The Hall–Kier alpha value is -1.65. The fourth-order valence-corrected chi connectivity index (χ4v) is 2.85. The molecule has 0 radical (unpaired) electrons. The van der Waals surface area contributed by atoms with E-state index in [1.165, 1.54) is 5.57 Å². The fourth-order valence-electron chi connectivity index (χ4n) is 2.85. The predicted octanol–water partition coefficient (Wildman–Crippen LogP) is 1.46. The Morgan fingerprint density at radius 1 is 1.16 bits per heavy atom. The van der Waals surface area contributed by atoms with Crippen LogP contribution in [0.1, 0.15) is 12.8 Å². The number of hydrogen-bond donors (Lipinski definition) is 2. The number of piperidine rings is 1. The number of rotatable bonds is 3. The van der Waals surface area contributed by atoms with Gasteiger partial charge in [-0.15, -0.1) is 0 Å². The number of nitrogens with zero attached hydrogens (tertiary/aromatic N) is 1. The minimum Gasteiger partial charge on any atom is -0.317 e. The Kier molecular flexibility index (Phi) is 3.62. The molecule has 1 aromatic carbocycles. The van der Waals surface area contributed by atoms with Gasteiger partial charge in [-0.25, -0.2) is 5.43 Å². The Balaban J connectivity index is 1.82. The highest BCUT2D eigenvalue weighted by atomic mass is 16.1. The summed E-state index contributed by atoms with van der Waals surface area (Å²) in [7, 11) is 0. The number of aldehydes is 1. The lowest BCUT2D eigenvalue weighted by atomic mass is 9.87. The second-order valence-corrected chi connectivity index (χ2v) is 5.10. The van der Waals surface area contributed by atoms with Gasteiger partial charge in [-0.05, 0) is 49.6 Å². The van der Waals surface area contributed by atoms with Crippen LogP contribution in [0.3, 0.4) is 0 Å². The van der Waals surface area contributed by atoms with Crippen molar-refractivity contribution in [2.45, 2.75) is 18.9 Å². The zero-order valence-electron chi connectivity index (χ0n) is 10.9. The number of carbonyl (C=O) groups excluding carboxylic acids is 1. The van der Waals surface area contributed by atoms with E-state index in [-0.39, 0.29) is 6.04 Å². The third kappa shape index (κ3) is 2.55. The molecule has 0 saturated carbocycles. The molecule has 1 fully saturated rings. The highest BCUT2D eigenvalue weighted by Gasteiger charge is 2.30. The summed E-state index contributed by atoms with van der Waals surface area (Å²) >= 11 is 0. The van der Waals surface area contributed by atoms with Crippen molar-refractivity contribution in [3.05, 3.63) is 42.1 Å². The molecular weight excluding hydrogens is 238 g/mol. The molecule has 0 spiro atoms. The van der Waals surface area contributed by atoms with E-state index >= 15 is 0 Å². The van der Waals surface area contributed by atoms with Crippen molar-refractivity contribution in [3.8, 4) is 0 Å². The molecule has 0 bridgehead atoms. The van der Waals surface area contributed by atoms with Crippen LogP contribution in [0.4, 0.5) is 5.69 Å². The molecule has 2 heterocycles. The third-order valence-corrected chi connectivity index (χ3v) is 3.90. The van der Waals surface area contributed by atoms with E-state index in [2.05, 4.69) is 16.9 Å². The van der Waals surface area contributed by atoms with Crippen LogP contribution < -0.4 is 15.8 Å². The monoisotopic (exact) mass is 257 g/mol. The molecule has 2 aliphatic heterocycles. The lowest BCUT2D eigenvalue weighted by Crippen LogP contribution is -2.39. The Morgan fingerprint density at radius 2 is 1.89 bits per heavy atom. The summed E-state index contributed by atoms with van der Waals surface area (Å²) in [5.74, 6) is 0.512. The quantitative estimate of drug-likeness (QED) is 0.805. The summed E-state index contributed by atoms with van der Waals surface area (Å²) in [6.07, 6.45) is 5.34. The maximum Gasteiger partial charge on any atom is 0.142 e. The smallest absolute Gasteiger partial charge is 0.142 e. The van der Waals surface area contributed by atoms with Gasteiger partial charge in [0.25, 0.3) is 0 Å². The summed E-state index contributed by atoms with van der Waals surface area (Å²) in [5.41, 5.74) is 5.55. The van der Waals surface area contributed by atoms with Gasteiger partial charge in [-0.2, -0.15) is 0 Å². The molecule has 2 N–H and O–H groups in total. The van der Waals surface area contributed by atoms with Crippen molar-refractivity contribution in [2.24, 2.45) is 5.92 Å². The van der Waals surface area contributed by atoms with Crippen molar-refractivity contribution in [1.82, 2.24) is 10.7 Å². The Morgan fingerprint density at radius 3 is 2.58 bits per heavy atom.